The topological polar surface area (TPSA) is 79.9 Å². The van der Waals surface area contributed by atoms with Gasteiger partial charge in [-0.1, -0.05) is 11.3 Å². The summed E-state index contributed by atoms with van der Waals surface area (Å²) in [6, 6.07) is 5.45. The van der Waals surface area contributed by atoms with Crippen molar-refractivity contribution in [1.29, 1.82) is 0 Å². The number of benzene rings is 1. The number of nitrogens with zero attached hydrogens (tertiary/aromatic N) is 4. The number of carbonyl (C=O) groups is 1. The number of fused-ring (bicyclic) bond motifs is 1. The molecular formula is C18H22N4O4S. The van der Waals surface area contributed by atoms with E-state index in [-0.39, 0.29) is 5.91 Å². The van der Waals surface area contributed by atoms with Gasteiger partial charge in [0.25, 0.3) is 5.91 Å². The second-order valence-corrected chi connectivity index (χ2v) is 6.66. The minimum absolute atomic E-state index is 0.328. The van der Waals surface area contributed by atoms with Crippen LogP contribution < -0.4 is 14.3 Å². The molecule has 1 aromatic carbocycles. The number of aryl methyl sites for hydroxylation is 1. The van der Waals surface area contributed by atoms with Gasteiger partial charge >= 0.3 is 0 Å². The van der Waals surface area contributed by atoms with Crippen molar-refractivity contribution in [2.45, 2.75) is 20.0 Å². The first kappa shape index (κ1) is 19.1. The van der Waals surface area contributed by atoms with Crippen LogP contribution in [0.1, 0.15) is 17.4 Å². The quantitative estimate of drug-likeness (QED) is 0.619. The van der Waals surface area contributed by atoms with Gasteiger partial charge in [0.15, 0.2) is 16.3 Å². The number of rotatable bonds is 7. The number of ether oxygens (including phenoxy) is 3. The van der Waals surface area contributed by atoms with E-state index in [2.05, 4.69) is 10.1 Å². The van der Waals surface area contributed by atoms with Crippen LogP contribution in [-0.2, 0) is 17.8 Å². The minimum atomic E-state index is -0.328. The van der Waals surface area contributed by atoms with E-state index in [9.17, 15) is 4.79 Å². The van der Waals surface area contributed by atoms with Gasteiger partial charge in [0.1, 0.15) is 5.69 Å². The predicted octanol–water partition coefficient (Wildman–Crippen LogP) is 2.32. The molecule has 0 aliphatic rings. The van der Waals surface area contributed by atoms with E-state index in [1.54, 1.807) is 38.3 Å². The van der Waals surface area contributed by atoms with Crippen molar-refractivity contribution in [3.8, 4) is 11.5 Å². The molecule has 0 spiro atoms. The highest BCUT2D eigenvalue weighted by Crippen LogP contribution is 2.33. The van der Waals surface area contributed by atoms with Crippen LogP contribution in [0, 0.1) is 0 Å². The van der Waals surface area contributed by atoms with Gasteiger partial charge in [-0.15, -0.1) is 0 Å². The lowest BCUT2D eigenvalue weighted by atomic mass is 10.3. The number of thiazole rings is 1. The Labute approximate surface area is 160 Å². The van der Waals surface area contributed by atoms with Gasteiger partial charge < -0.3 is 18.8 Å². The number of methoxy groups -OCH3 is 3. The molecule has 0 bridgehead atoms. The minimum Gasteiger partial charge on any atom is -0.493 e. The summed E-state index contributed by atoms with van der Waals surface area (Å²) < 4.78 is 20.5. The fourth-order valence-corrected chi connectivity index (χ4v) is 3.86. The lowest BCUT2D eigenvalue weighted by Crippen LogP contribution is -2.20. The van der Waals surface area contributed by atoms with E-state index in [4.69, 9.17) is 14.2 Å². The summed E-state index contributed by atoms with van der Waals surface area (Å²) in [6.45, 7) is 3.59. The number of carbonyl (C=O) groups excluding carboxylic acids is 1. The summed E-state index contributed by atoms with van der Waals surface area (Å²) in [5, 5.41) is 4.14. The predicted molar refractivity (Wildman–Crippen MR) is 103 cm³/mol. The molecule has 0 aliphatic carbocycles. The molecule has 3 aromatic rings. The zero-order valence-electron chi connectivity index (χ0n) is 15.8. The Morgan fingerprint density at radius 2 is 1.96 bits per heavy atom. The van der Waals surface area contributed by atoms with Gasteiger partial charge in [0, 0.05) is 38.5 Å². The van der Waals surface area contributed by atoms with E-state index >= 15 is 0 Å². The van der Waals surface area contributed by atoms with E-state index in [1.807, 2.05) is 23.6 Å². The van der Waals surface area contributed by atoms with Gasteiger partial charge in [-0.05, 0) is 13.0 Å². The molecule has 1 amide bonds. The van der Waals surface area contributed by atoms with E-state index in [0.717, 1.165) is 10.2 Å². The zero-order valence-corrected chi connectivity index (χ0v) is 16.6. The SMILES string of the molecule is CCn1nccc1C(=O)N=c1sc2cc(OC)c(OC)cc2n1CCOC. The number of hydrogen-bond acceptors (Lipinski definition) is 6. The van der Waals surface area contributed by atoms with Gasteiger partial charge in [0.05, 0.1) is 31.0 Å². The third kappa shape index (κ3) is 3.74. The fraction of sp³-hybridized carbons (Fsp3) is 0.389. The van der Waals surface area contributed by atoms with E-state index in [1.165, 1.54) is 11.3 Å². The first-order chi connectivity index (χ1) is 13.1. The van der Waals surface area contributed by atoms with Crippen LogP contribution in [0.4, 0.5) is 0 Å². The van der Waals surface area contributed by atoms with Crippen LogP contribution in [0.2, 0.25) is 0 Å². The average Bonchev–Trinajstić information content (AvgIpc) is 3.29. The first-order valence-corrected chi connectivity index (χ1v) is 9.29. The molecule has 0 unspecified atom stereocenters. The van der Waals surface area contributed by atoms with Gasteiger partial charge in [0.2, 0.25) is 0 Å². The maximum atomic E-state index is 12.7. The van der Waals surface area contributed by atoms with Crippen molar-refractivity contribution >= 4 is 27.5 Å². The molecule has 3 rings (SSSR count). The van der Waals surface area contributed by atoms with E-state index in [0.29, 0.717) is 41.7 Å². The van der Waals surface area contributed by atoms with Gasteiger partial charge in [-0.25, -0.2) is 0 Å². The summed E-state index contributed by atoms with van der Waals surface area (Å²) in [6.07, 6.45) is 1.60. The highest BCUT2D eigenvalue weighted by atomic mass is 32.1. The fourth-order valence-electron chi connectivity index (χ4n) is 2.79. The number of hydrogen-bond donors (Lipinski definition) is 0. The molecule has 0 radical (unpaired) electrons. The molecule has 8 nitrogen and oxygen atoms in total. The maximum Gasteiger partial charge on any atom is 0.297 e. The largest absolute Gasteiger partial charge is 0.493 e. The Balaban J connectivity index is 2.17. The summed E-state index contributed by atoms with van der Waals surface area (Å²) in [4.78, 5) is 17.6. The molecule has 27 heavy (non-hydrogen) atoms. The summed E-state index contributed by atoms with van der Waals surface area (Å²) >= 11 is 1.42. The maximum absolute atomic E-state index is 12.7. The van der Waals surface area contributed by atoms with Crippen molar-refractivity contribution in [2.75, 3.05) is 27.9 Å². The Kier molecular flexibility index (Phi) is 5.92. The third-order valence-electron chi connectivity index (χ3n) is 4.14. The van der Waals surface area contributed by atoms with Crippen molar-refractivity contribution in [3.63, 3.8) is 0 Å². The second-order valence-electron chi connectivity index (χ2n) is 5.65. The van der Waals surface area contributed by atoms with Crippen molar-refractivity contribution in [1.82, 2.24) is 14.3 Å². The lowest BCUT2D eigenvalue weighted by Gasteiger charge is -2.09. The molecule has 2 aromatic heterocycles. The summed E-state index contributed by atoms with van der Waals surface area (Å²) in [5.74, 6) is 0.925. The molecule has 144 valence electrons. The zero-order chi connectivity index (χ0) is 19.4. The Morgan fingerprint density at radius 1 is 1.22 bits per heavy atom. The standard InChI is InChI=1S/C18H22N4O4S/c1-5-22-12(6-7-19-22)17(23)20-18-21(8-9-24-2)13-10-14(25-3)15(26-4)11-16(13)27-18/h6-7,10-11H,5,8-9H2,1-4H3. The lowest BCUT2D eigenvalue weighted by molar-refractivity contribution is 0.0987. The van der Waals surface area contributed by atoms with Gasteiger partial charge in [-0.3, -0.25) is 9.48 Å². The molecule has 0 aliphatic heterocycles. The van der Waals surface area contributed by atoms with Crippen LogP contribution >= 0.6 is 11.3 Å². The molecule has 9 heteroatoms. The second kappa shape index (κ2) is 8.36. The third-order valence-corrected chi connectivity index (χ3v) is 5.18. The summed E-state index contributed by atoms with van der Waals surface area (Å²) in [7, 11) is 4.83. The number of aromatic nitrogens is 3. The molecule has 2 heterocycles. The summed E-state index contributed by atoms with van der Waals surface area (Å²) in [5.41, 5.74) is 1.37. The normalized spacial score (nSPS) is 11.9. The average molecular weight is 390 g/mol. The molecule has 0 N–H and O–H groups in total. The molecule has 0 atom stereocenters. The monoisotopic (exact) mass is 390 g/mol. The highest BCUT2D eigenvalue weighted by molar-refractivity contribution is 7.16. The van der Waals surface area contributed by atoms with Crippen LogP contribution in [0.15, 0.2) is 29.4 Å². The Morgan fingerprint density at radius 3 is 2.63 bits per heavy atom. The molecule has 0 saturated heterocycles. The van der Waals surface area contributed by atoms with E-state index < -0.39 is 0 Å². The van der Waals surface area contributed by atoms with Crippen molar-refractivity contribution in [3.05, 3.63) is 34.9 Å². The Bertz CT molecular complexity index is 1020. The van der Waals surface area contributed by atoms with Crippen LogP contribution in [0.5, 0.6) is 11.5 Å². The smallest absolute Gasteiger partial charge is 0.297 e. The first-order valence-electron chi connectivity index (χ1n) is 8.48. The van der Waals surface area contributed by atoms with Gasteiger partial charge in [-0.2, -0.15) is 10.1 Å². The van der Waals surface area contributed by atoms with Crippen LogP contribution in [0.25, 0.3) is 10.2 Å². The van der Waals surface area contributed by atoms with Crippen molar-refractivity contribution in [2.24, 2.45) is 4.99 Å². The molecule has 0 fully saturated rings. The molecule has 0 saturated carbocycles. The highest BCUT2D eigenvalue weighted by Gasteiger charge is 2.15. The van der Waals surface area contributed by atoms with Crippen LogP contribution in [-0.4, -0.2) is 48.2 Å². The number of amides is 1. The van der Waals surface area contributed by atoms with Crippen molar-refractivity contribution < 1.29 is 19.0 Å². The Hall–Kier alpha value is -2.65. The molecular weight excluding hydrogens is 368 g/mol. The van der Waals surface area contributed by atoms with Crippen LogP contribution in [0.3, 0.4) is 0 Å².